The van der Waals surface area contributed by atoms with E-state index in [1.165, 1.54) is 28.7 Å². The smallest absolute Gasteiger partial charge is 0.411 e. The third-order valence-corrected chi connectivity index (χ3v) is 5.42. The number of benzene rings is 1. The maximum atomic E-state index is 12.7. The molecular weight excluding hydrogens is 310 g/mol. The minimum atomic E-state index is -0.439. The lowest BCUT2D eigenvalue weighted by Gasteiger charge is -2.45. The molecule has 1 aromatic rings. The van der Waals surface area contributed by atoms with Gasteiger partial charge in [0.2, 0.25) is 0 Å². The first-order valence-electron chi connectivity index (χ1n) is 9.41. The first-order chi connectivity index (χ1) is 11.9. The number of amides is 1. The molecule has 2 atom stereocenters. The summed E-state index contributed by atoms with van der Waals surface area (Å²) in [5.74, 6) is 0. The average Bonchev–Trinajstić information content (AvgIpc) is 2.96. The maximum absolute atomic E-state index is 12.7. The van der Waals surface area contributed by atoms with Crippen LogP contribution in [0.3, 0.4) is 0 Å². The molecule has 1 saturated heterocycles. The van der Waals surface area contributed by atoms with Crippen molar-refractivity contribution in [2.24, 2.45) is 0 Å². The van der Waals surface area contributed by atoms with Gasteiger partial charge < -0.3 is 4.74 Å². The molecule has 2 unspecified atom stereocenters. The Bertz CT molecular complexity index is 754. The zero-order valence-electron chi connectivity index (χ0n) is 15.4. The van der Waals surface area contributed by atoms with E-state index in [0.29, 0.717) is 0 Å². The second kappa shape index (κ2) is 6.05. The lowest BCUT2D eigenvalue weighted by molar-refractivity contribution is -0.00124. The first-order valence-corrected chi connectivity index (χ1v) is 9.41. The number of rotatable bonds is 1. The fraction of sp³-hybridized carbons (Fsp3) is 0.500. The molecule has 25 heavy (non-hydrogen) atoms. The SMILES string of the molecule is CC(C)(C)OC(=O)N1C2C=C(C3=Cc4ccccc4C3)CC1CCC2. The van der Waals surface area contributed by atoms with Crippen molar-refractivity contribution in [2.75, 3.05) is 0 Å². The van der Waals surface area contributed by atoms with E-state index in [1.807, 2.05) is 25.7 Å². The lowest BCUT2D eigenvalue weighted by Crippen LogP contribution is -2.53. The lowest BCUT2D eigenvalue weighted by atomic mass is 9.82. The van der Waals surface area contributed by atoms with Gasteiger partial charge in [0.1, 0.15) is 5.60 Å². The molecule has 4 rings (SSSR count). The Labute approximate surface area is 150 Å². The molecule has 2 heterocycles. The van der Waals surface area contributed by atoms with Crippen LogP contribution in [0.15, 0.2) is 41.5 Å². The monoisotopic (exact) mass is 337 g/mol. The highest BCUT2D eigenvalue weighted by atomic mass is 16.6. The van der Waals surface area contributed by atoms with Crippen LogP contribution in [-0.4, -0.2) is 28.7 Å². The first kappa shape index (κ1) is 16.4. The Kier molecular flexibility index (Phi) is 3.98. The minimum absolute atomic E-state index is 0.152. The van der Waals surface area contributed by atoms with E-state index >= 15 is 0 Å². The molecule has 0 radical (unpaired) electrons. The molecule has 1 aromatic carbocycles. The van der Waals surface area contributed by atoms with Crippen molar-refractivity contribution in [1.82, 2.24) is 4.90 Å². The number of hydrogen-bond acceptors (Lipinski definition) is 2. The number of hydrogen-bond donors (Lipinski definition) is 0. The summed E-state index contributed by atoms with van der Waals surface area (Å²) in [6.45, 7) is 5.81. The van der Waals surface area contributed by atoms with Gasteiger partial charge in [-0.05, 0) is 75.1 Å². The van der Waals surface area contributed by atoms with Gasteiger partial charge in [0.15, 0.2) is 0 Å². The summed E-state index contributed by atoms with van der Waals surface area (Å²) in [5, 5.41) is 0. The number of ether oxygens (including phenoxy) is 1. The van der Waals surface area contributed by atoms with Crippen LogP contribution in [0, 0.1) is 0 Å². The molecule has 1 amide bonds. The number of allylic oxidation sites excluding steroid dienone is 1. The van der Waals surface area contributed by atoms with Gasteiger partial charge in [-0.2, -0.15) is 0 Å². The third-order valence-electron chi connectivity index (χ3n) is 5.42. The zero-order valence-corrected chi connectivity index (χ0v) is 15.4. The van der Waals surface area contributed by atoms with Crippen molar-refractivity contribution in [3.63, 3.8) is 0 Å². The topological polar surface area (TPSA) is 29.5 Å². The Balaban J connectivity index is 1.57. The summed E-state index contributed by atoms with van der Waals surface area (Å²) in [7, 11) is 0. The molecule has 1 fully saturated rings. The third kappa shape index (κ3) is 3.24. The molecule has 1 aliphatic carbocycles. The van der Waals surface area contributed by atoms with Gasteiger partial charge in [-0.15, -0.1) is 0 Å². The molecule has 132 valence electrons. The summed E-state index contributed by atoms with van der Waals surface area (Å²) in [4.78, 5) is 14.7. The molecule has 2 aliphatic heterocycles. The maximum Gasteiger partial charge on any atom is 0.411 e. The average molecular weight is 337 g/mol. The quantitative estimate of drug-likeness (QED) is 0.712. The molecule has 0 aromatic heterocycles. The molecule has 0 saturated carbocycles. The summed E-state index contributed by atoms with van der Waals surface area (Å²) in [6.07, 6.45) is 9.80. The van der Waals surface area contributed by atoms with Gasteiger partial charge in [-0.1, -0.05) is 36.4 Å². The van der Waals surface area contributed by atoms with E-state index in [-0.39, 0.29) is 18.2 Å². The second-order valence-electron chi connectivity index (χ2n) is 8.48. The van der Waals surface area contributed by atoms with E-state index in [1.54, 1.807) is 0 Å². The van der Waals surface area contributed by atoms with Crippen LogP contribution in [0.1, 0.15) is 57.6 Å². The van der Waals surface area contributed by atoms with E-state index in [2.05, 4.69) is 36.4 Å². The van der Waals surface area contributed by atoms with Gasteiger partial charge in [-0.25, -0.2) is 4.79 Å². The molecule has 3 nitrogen and oxygen atoms in total. The van der Waals surface area contributed by atoms with Crippen molar-refractivity contribution < 1.29 is 9.53 Å². The molecule has 0 N–H and O–H groups in total. The largest absolute Gasteiger partial charge is 0.444 e. The highest BCUT2D eigenvalue weighted by Gasteiger charge is 2.39. The zero-order chi connectivity index (χ0) is 17.6. The highest BCUT2D eigenvalue weighted by molar-refractivity contribution is 5.72. The van der Waals surface area contributed by atoms with Crippen molar-refractivity contribution in [3.05, 3.63) is 52.6 Å². The van der Waals surface area contributed by atoms with E-state index < -0.39 is 5.60 Å². The van der Waals surface area contributed by atoms with Gasteiger partial charge in [0.25, 0.3) is 0 Å². The van der Waals surface area contributed by atoms with Crippen molar-refractivity contribution in [1.29, 1.82) is 0 Å². The standard InChI is InChI=1S/C22H27NO2/c1-22(2,3)25-21(24)23-19-9-6-10-20(23)14-18(13-19)17-11-15-7-4-5-8-16(15)12-17/h4-5,7-8,11,13,19-20H,6,9-10,12,14H2,1-3H3. The van der Waals surface area contributed by atoms with Crippen molar-refractivity contribution in [2.45, 2.75) is 70.6 Å². The Morgan fingerprint density at radius 2 is 1.96 bits per heavy atom. The fourth-order valence-corrected chi connectivity index (χ4v) is 4.35. The summed E-state index contributed by atoms with van der Waals surface area (Å²) >= 11 is 0. The predicted octanol–water partition coefficient (Wildman–Crippen LogP) is 5.11. The molecule has 3 aliphatic rings. The van der Waals surface area contributed by atoms with E-state index in [0.717, 1.165) is 25.7 Å². The van der Waals surface area contributed by atoms with Gasteiger partial charge >= 0.3 is 6.09 Å². The van der Waals surface area contributed by atoms with Crippen LogP contribution < -0.4 is 0 Å². The molecule has 0 spiro atoms. The number of piperidine rings is 1. The number of fused-ring (bicyclic) bond motifs is 3. The predicted molar refractivity (Wildman–Crippen MR) is 100 cm³/mol. The van der Waals surface area contributed by atoms with Crippen LogP contribution >= 0.6 is 0 Å². The van der Waals surface area contributed by atoms with Crippen LogP contribution in [-0.2, 0) is 11.2 Å². The second-order valence-corrected chi connectivity index (χ2v) is 8.48. The normalized spacial score (nSPS) is 25.2. The number of nitrogens with zero attached hydrogens (tertiary/aromatic N) is 1. The Morgan fingerprint density at radius 1 is 1.16 bits per heavy atom. The summed E-state index contributed by atoms with van der Waals surface area (Å²) in [6, 6.07) is 9.09. The van der Waals surface area contributed by atoms with E-state index in [4.69, 9.17) is 4.74 Å². The van der Waals surface area contributed by atoms with Crippen LogP contribution in [0.4, 0.5) is 4.79 Å². The van der Waals surface area contributed by atoms with Crippen molar-refractivity contribution in [3.8, 4) is 0 Å². The number of carbonyl (C=O) groups excluding carboxylic acids is 1. The highest BCUT2D eigenvalue weighted by Crippen LogP contribution is 2.39. The van der Waals surface area contributed by atoms with Crippen LogP contribution in [0.25, 0.3) is 6.08 Å². The minimum Gasteiger partial charge on any atom is -0.444 e. The van der Waals surface area contributed by atoms with Crippen LogP contribution in [0.5, 0.6) is 0 Å². The summed E-state index contributed by atoms with van der Waals surface area (Å²) < 4.78 is 5.67. The van der Waals surface area contributed by atoms with Gasteiger partial charge in [0.05, 0.1) is 6.04 Å². The van der Waals surface area contributed by atoms with Gasteiger partial charge in [-0.3, -0.25) is 4.90 Å². The van der Waals surface area contributed by atoms with Crippen LogP contribution in [0.2, 0.25) is 0 Å². The molecule has 3 heteroatoms. The van der Waals surface area contributed by atoms with Crippen molar-refractivity contribution >= 4 is 12.2 Å². The molecular formula is C22H27NO2. The summed E-state index contributed by atoms with van der Waals surface area (Å²) in [5.41, 5.74) is 5.19. The fourth-order valence-electron chi connectivity index (χ4n) is 4.35. The number of carbonyl (C=O) groups is 1. The molecule has 2 bridgehead atoms. The Morgan fingerprint density at radius 3 is 2.68 bits per heavy atom. The van der Waals surface area contributed by atoms with E-state index in [9.17, 15) is 4.79 Å². The Hall–Kier alpha value is -2.03. The van der Waals surface area contributed by atoms with Gasteiger partial charge in [0, 0.05) is 6.04 Å².